The topological polar surface area (TPSA) is 29.3 Å². The minimum atomic E-state index is 0.647. The molecule has 19 heavy (non-hydrogen) atoms. The van der Waals surface area contributed by atoms with Crippen molar-refractivity contribution in [1.29, 1.82) is 0 Å². The van der Waals surface area contributed by atoms with Gasteiger partial charge in [-0.15, -0.1) is 0 Å². The summed E-state index contributed by atoms with van der Waals surface area (Å²) in [5.74, 6) is 0. The lowest BCUT2D eigenvalue weighted by atomic mass is 10.1. The van der Waals surface area contributed by atoms with Crippen molar-refractivity contribution < 1.29 is 0 Å². The number of anilines is 1. The minimum Gasteiger partial charge on any atom is -0.370 e. The predicted molar refractivity (Wildman–Crippen MR) is 82.8 cm³/mol. The molecule has 0 unspecified atom stereocenters. The molecule has 2 nitrogen and oxygen atoms in total. The van der Waals surface area contributed by atoms with Crippen LogP contribution in [0, 0.1) is 0 Å². The molecule has 0 spiro atoms. The van der Waals surface area contributed by atoms with Gasteiger partial charge in [0.25, 0.3) is 0 Å². The molecule has 0 aliphatic carbocycles. The Kier molecular flexibility index (Phi) is 4.83. The van der Waals surface area contributed by atoms with Gasteiger partial charge in [0.2, 0.25) is 0 Å². The minimum absolute atomic E-state index is 0.647. The van der Waals surface area contributed by atoms with E-state index in [2.05, 4.69) is 42.3 Å². The van der Waals surface area contributed by atoms with Crippen molar-refractivity contribution in [2.45, 2.75) is 13.0 Å². The van der Waals surface area contributed by atoms with Gasteiger partial charge in [-0.3, -0.25) is 0 Å². The highest BCUT2D eigenvalue weighted by Gasteiger charge is 2.08. The van der Waals surface area contributed by atoms with Gasteiger partial charge >= 0.3 is 0 Å². The van der Waals surface area contributed by atoms with Crippen LogP contribution in [0.15, 0.2) is 48.5 Å². The number of nitrogens with two attached hydrogens (primary N) is 1. The summed E-state index contributed by atoms with van der Waals surface area (Å²) < 4.78 is 0. The van der Waals surface area contributed by atoms with Crippen molar-refractivity contribution in [3.63, 3.8) is 0 Å². The summed E-state index contributed by atoms with van der Waals surface area (Å²) in [6.07, 6.45) is 0.867. The smallest absolute Gasteiger partial charge is 0.0426 e. The molecule has 0 aliphatic heterocycles. The van der Waals surface area contributed by atoms with Crippen LogP contribution in [0.5, 0.6) is 0 Å². The number of nitrogens with zero attached hydrogens (tertiary/aromatic N) is 1. The van der Waals surface area contributed by atoms with Gasteiger partial charge in [0.1, 0.15) is 0 Å². The Balaban J connectivity index is 2.22. The first kappa shape index (κ1) is 13.9. The van der Waals surface area contributed by atoms with Crippen molar-refractivity contribution >= 4 is 17.3 Å². The molecule has 0 fully saturated rings. The summed E-state index contributed by atoms with van der Waals surface area (Å²) in [7, 11) is 2.08. The highest BCUT2D eigenvalue weighted by molar-refractivity contribution is 6.30. The van der Waals surface area contributed by atoms with Crippen LogP contribution in [-0.4, -0.2) is 13.6 Å². The highest BCUT2D eigenvalue weighted by Crippen LogP contribution is 2.25. The molecule has 0 aliphatic rings. The van der Waals surface area contributed by atoms with Crippen LogP contribution < -0.4 is 10.6 Å². The molecule has 2 aromatic rings. The molecule has 0 bridgehead atoms. The fourth-order valence-corrected chi connectivity index (χ4v) is 2.37. The van der Waals surface area contributed by atoms with Gasteiger partial charge in [-0.1, -0.05) is 48.0 Å². The summed E-state index contributed by atoms with van der Waals surface area (Å²) in [5, 5.41) is 0.760. The standard InChI is InChI=1S/C16H19ClN2/c1-19(12-13-5-3-2-4-6-13)16-11-15(17)8-7-14(16)9-10-18/h2-8,11H,9-10,12,18H2,1H3. The van der Waals surface area contributed by atoms with E-state index in [9.17, 15) is 0 Å². The molecule has 2 aromatic carbocycles. The monoisotopic (exact) mass is 274 g/mol. The number of hydrogen-bond donors (Lipinski definition) is 1. The molecule has 0 radical (unpaired) electrons. The van der Waals surface area contributed by atoms with Crippen molar-refractivity contribution in [2.75, 3.05) is 18.5 Å². The fourth-order valence-electron chi connectivity index (χ4n) is 2.20. The average Bonchev–Trinajstić information content (AvgIpc) is 2.42. The molecule has 0 amide bonds. The normalized spacial score (nSPS) is 10.5. The van der Waals surface area contributed by atoms with Crippen molar-refractivity contribution in [1.82, 2.24) is 0 Å². The summed E-state index contributed by atoms with van der Waals surface area (Å²) >= 11 is 6.11. The molecule has 2 rings (SSSR count). The Bertz CT molecular complexity index is 526. The lowest BCUT2D eigenvalue weighted by Crippen LogP contribution is -2.19. The van der Waals surface area contributed by atoms with E-state index in [0.29, 0.717) is 6.54 Å². The number of rotatable bonds is 5. The van der Waals surface area contributed by atoms with Gasteiger partial charge in [0, 0.05) is 24.3 Å². The second-order valence-corrected chi connectivity index (χ2v) is 5.09. The zero-order valence-corrected chi connectivity index (χ0v) is 11.9. The third kappa shape index (κ3) is 3.72. The molecule has 0 aromatic heterocycles. The first-order chi connectivity index (χ1) is 9.20. The zero-order valence-electron chi connectivity index (χ0n) is 11.1. The predicted octanol–water partition coefficient (Wildman–Crippen LogP) is 3.48. The van der Waals surface area contributed by atoms with Crippen LogP contribution in [0.1, 0.15) is 11.1 Å². The molecule has 0 heterocycles. The van der Waals surface area contributed by atoms with Crippen molar-refractivity contribution in [2.24, 2.45) is 5.73 Å². The van der Waals surface area contributed by atoms with Gasteiger partial charge in [0.15, 0.2) is 0 Å². The average molecular weight is 275 g/mol. The number of hydrogen-bond acceptors (Lipinski definition) is 2. The fraction of sp³-hybridized carbons (Fsp3) is 0.250. The third-order valence-corrected chi connectivity index (χ3v) is 3.37. The van der Waals surface area contributed by atoms with Crippen molar-refractivity contribution in [3.8, 4) is 0 Å². The van der Waals surface area contributed by atoms with Crippen LogP contribution in [0.3, 0.4) is 0 Å². The first-order valence-electron chi connectivity index (χ1n) is 6.44. The second kappa shape index (κ2) is 6.60. The molecule has 2 N–H and O–H groups in total. The van der Waals surface area contributed by atoms with Crippen molar-refractivity contribution in [3.05, 3.63) is 64.7 Å². The Morgan fingerprint density at radius 3 is 2.53 bits per heavy atom. The van der Waals surface area contributed by atoms with E-state index < -0.39 is 0 Å². The van der Waals surface area contributed by atoms with E-state index in [4.69, 9.17) is 17.3 Å². The van der Waals surface area contributed by atoms with Gasteiger partial charge in [0.05, 0.1) is 0 Å². The van der Waals surface area contributed by atoms with Gasteiger partial charge < -0.3 is 10.6 Å². The summed E-state index contributed by atoms with van der Waals surface area (Å²) in [6.45, 7) is 1.51. The second-order valence-electron chi connectivity index (χ2n) is 4.65. The zero-order chi connectivity index (χ0) is 13.7. The molecule has 100 valence electrons. The van der Waals surface area contributed by atoms with Gasteiger partial charge in [-0.05, 0) is 36.2 Å². The van der Waals surface area contributed by atoms with Gasteiger partial charge in [-0.2, -0.15) is 0 Å². The van der Waals surface area contributed by atoms with E-state index >= 15 is 0 Å². The van der Waals surface area contributed by atoms with Gasteiger partial charge in [-0.25, -0.2) is 0 Å². The maximum atomic E-state index is 6.11. The summed E-state index contributed by atoms with van der Waals surface area (Å²) in [4.78, 5) is 2.21. The highest BCUT2D eigenvalue weighted by atomic mass is 35.5. The summed E-state index contributed by atoms with van der Waals surface area (Å²) in [6, 6.07) is 16.4. The number of benzene rings is 2. The Morgan fingerprint density at radius 1 is 1.11 bits per heavy atom. The lowest BCUT2D eigenvalue weighted by molar-refractivity contribution is 0.893. The molecular formula is C16H19ClN2. The Hall–Kier alpha value is -1.51. The summed E-state index contributed by atoms with van der Waals surface area (Å²) in [5.41, 5.74) is 9.35. The van der Waals surface area contributed by atoms with E-state index in [1.165, 1.54) is 11.1 Å². The SMILES string of the molecule is CN(Cc1ccccc1)c1cc(Cl)ccc1CCN. The van der Waals surface area contributed by atoms with E-state index in [1.54, 1.807) is 0 Å². The third-order valence-electron chi connectivity index (χ3n) is 3.13. The molecule has 0 saturated carbocycles. The number of halogens is 1. The van der Waals surface area contributed by atoms with Crippen LogP contribution >= 0.6 is 11.6 Å². The van der Waals surface area contributed by atoms with Crippen LogP contribution in [-0.2, 0) is 13.0 Å². The largest absolute Gasteiger partial charge is 0.370 e. The lowest BCUT2D eigenvalue weighted by Gasteiger charge is -2.23. The van der Waals surface area contributed by atoms with E-state index in [0.717, 1.165) is 23.7 Å². The van der Waals surface area contributed by atoms with E-state index in [-0.39, 0.29) is 0 Å². The molecule has 3 heteroatoms. The molecular weight excluding hydrogens is 256 g/mol. The quantitative estimate of drug-likeness (QED) is 0.904. The first-order valence-corrected chi connectivity index (χ1v) is 6.82. The Labute approximate surface area is 119 Å². The molecule has 0 atom stereocenters. The van der Waals surface area contributed by atoms with Crippen LogP contribution in [0.4, 0.5) is 5.69 Å². The van der Waals surface area contributed by atoms with Crippen LogP contribution in [0.25, 0.3) is 0 Å². The Morgan fingerprint density at radius 2 is 1.84 bits per heavy atom. The van der Waals surface area contributed by atoms with E-state index in [1.807, 2.05) is 18.2 Å². The maximum Gasteiger partial charge on any atom is 0.0426 e. The van der Waals surface area contributed by atoms with Crippen LogP contribution in [0.2, 0.25) is 5.02 Å². The maximum absolute atomic E-state index is 6.11. The molecule has 0 saturated heterocycles.